The van der Waals surface area contributed by atoms with Gasteiger partial charge in [-0.2, -0.15) is 0 Å². The fraction of sp³-hybridized carbons (Fsp3) is 0.750. The summed E-state index contributed by atoms with van der Waals surface area (Å²) in [6.07, 6.45) is 0.262. The molecule has 0 aliphatic heterocycles. The summed E-state index contributed by atoms with van der Waals surface area (Å²) in [4.78, 5) is 33.8. The second-order valence-electron chi connectivity index (χ2n) is 4.08. The van der Waals surface area contributed by atoms with Gasteiger partial charge in [0.05, 0.1) is 4.58 Å². The Morgan fingerprint density at radius 3 is 1.85 bits per heavy atom. The van der Waals surface area contributed by atoms with Gasteiger partial charge < -0.3 is 15.5 Å². The standard InChI is InChI=1S/C12H21NO5S2/c1-4-19-9(20-5-2)6-7-12(10(15)16,11(17)18)13-8(3)14/h9H,4-7H2,1-3H3,(H,13,14)(H,15,16)(H,17,18). The van der Waals surface area contributed by atoms with Crippen molar-refractivity contribution in [2.24, 2.45) is 0 Å². The minimum Gasteiger partial charge on any atom is -0.479 e. The lowest BCUT2D eigenvalue weighted by Gasteiger charge is -2.27. The molecule has 116 valence electrons. The molecule has 8 heteroatoms. The summed E-state index contributed by atoms with van der Waals surface area (Å²) in [7, 11) is 0. The summed E-state index contributed by atoms with van der Waals surface area (Å²) in [5.41, 5.74) is -2.24. The molecular weight excluding hydrogens is 302 g/mol. The zero-order valence-corrected chi connectivity index (χ0v) is 13.5. The quantitative estimate of drug-likeness (QED) is 0.415. The van der Waals surface area contributed by atoms with Gasteiger partial charge in [0.25, 0.3) is 0 Å². The Hall–Kier alpha value is -0.890. The molecule has 0 atom stereocenters. The van der Waals surface area contributed by atoms with E-state index < -0.39 is 23.4 Å². The molecule has 0 radical (unpaired) electrons. The third-order valence-corrected chi connectivity index (χ3v) is 5.28. The maximum absolute atomic E-state index is 11.3. The lowest BCUT2D eigenvalue weighted by Crippen LogP contribution is -2.59. The first-order chi connectivity index (χ1) is 9.30. The summed E-state index contributed by atoms with van der Waals surface area (Å²) in [5, 5.41) is 20.5. The Labute approximate surface area is 127 Å². The number of hydrogen-bond acceptors (Lipinski definition) is 5. The topological polar surface area (TPSA) is 104 Å². The van der Waals surface area contributed by atoms with Gasteiger partial charge in [0.15, 0.2) is 0 Å². The Morgan fingerprint density at radius 1 is 1.10 bits per heavy atom. The zero-order chi connectivity index (χ0) is 15.8. The van der Waals surface area contributed by atoms with E-state index in [1.165, 1.54) is 0 Å². The zero-order valence-electron chi connectivity index (χ0n) is 11.8. The van der Waals surface area contributed by atoms with Crippen LogP contribution in [0.4, 0.5) is 0 Å². The van der Waals surface area contributed by atoms with Crippen LogP contribution in [-0.2, 0) is 14.4 Å². The molecule has 0 saturated carbocycles. The van der Waals surface area contributed by atoms with Gasteiger partial charge >= 0.3 is 11.9 Å². The van der Waals surface area contributed by atoms with Crippen LogP contribution in [0.1, 0.15) is 33.6 Å². The average molecular weight is 323 g/mol. The second kappa shape index (κ2) is 9.12. The average Bonchev–Trinajstić information content (AvgIpc) is 2.33. The molecule has 0 spiro atoms. The van der Waals surface area contributed by atoms with Crippen molar-refractivity contribution in [3.8, 4) is 0 Å². The summed E-state index contributed by atoms with van der Waals surface area (Å²) in [6.45, 7) is 5.09. The van der Waals surface area contributed by atoms with Gasteiger partial charge in [-0.3, -0.25) is 4.79 Å². The van der Waals surface area contributed by atoms with Crippen LogP contribution < -0.4 is 5.32 Å². The van der Waals surface area contributed by atoms with E-state index in [0.29, 0.717) is 6.42 Å². The maximum Gasteiger partial charge on any atom is 0.341 e. The molecular formula is C12H21NO5S2. The number of thioether (sulfide) groups is 2. The van der Waals surface area contributed by atoms with E-state index in [1.807, 2.05) is 13.8 Å². The molecule has 0 unspecified atom stereocenters. The Kier molecular flexibility index (Phi) is 8.71. The first-order valence-corrected chi connectivity index (χ1v) is 8.38. The fourth-order valence-corrected chi connectivity index (χ4v) is 4.21. The Balaban J connectivity index is 5.00. The van der Waals surface area contributed by atoms with Crippen LogP contribution in [0.2, 0.25) is 0 Å². The number of hydrogen-bond donors (Lipinski definition) is 3. The van der Waals surface area contributed by atoms with E-state index in [4.69, 9.17) is 0 Å². The highest BCUT2D eigenvalue weighted by Gasteiger charge is 2.47. The third kappa shape index (κ3) is 5.62. The normalized spacial score (nSPS) is 11.4. The molecule has 0 aromatic carbocycles. The van der Waals surface area contributed by atoms with Crippen molar-refractivity contribution in [2.45, 2.75) is 43.7 Å². The molecule has 0 aliphatic carbocycles. The van der Waals surface area contributed by atoms with Crippen LogP contribution in [0.25, 0.3) is 0 Å². The predicted octanol–water partition coefficient (Wildman–Crippen LogP) is 1.64. The first-order valence-electron chi connectivity index (χ1n) is 6.28. The van der Waals surface area contributed by atoms with Crippen molar-refractivity contribution in [1.29, 1.82) is 0 Å². The lowest BCUT2D eigenvalue weighted by atomic mass is 9.93. The van der Waals surface area contributed by atoms with Crippen LogP contribution in [0.3, 0.4) is 0 Å². The number of rotatable bonds is 10. The summed E-state index contributed by atoms with van der Waals surface area (Å²) >= 11 is 3.30. The SMILES string of the molecule is CCSC(CCC(NC(C)=O)(C(=O)O)C(=O)O)SCC. The molecule has 0 saturated heterocycles. The summed E-state index contributed by atoms with van der Waals surface area (Å²) < 4.78 is 0.122. The largest absolute Gasteiger partial charge is 0.479 e. The highest BCUT2D eigenvalue weighted by Crippen LogP contribution is 2.30. The van der Waals surface area contributed by atoms with Crippen molar-refractivity contribution in [3.05, 3.63) is 0 Å². The fourth-order valence-electron chi connectivity index (χ4n) is 1.70. The predicted molar refractivity (Wildman–Crippen MR) is 81.1 cm³/mol. The number of carboxylic acids is 2. The highest BCUT2D eigenvalue weighted by molar-refractivity contribution is 8.16. The Bertz CT molecular complexity index is 342. The minimum atomic E-state index is -2.24. The van der Waals surface area contributed by atoms with E-state index in [1.54, 1.807) is 23.5 Å². The van der Waals surface area contributed by atoms with Gasteiger partial charge in [-0.15, -0.1) is 23.5 Å². The van der Waals surface area contributed by atoms with Crippen LogP contribution in [0.15, 0.2) is 0 Å². The van der Waals surface area contributed by atoms with Crippen LogP contribution in [0.5, 0.6) is 0 Å². The summed E-state index contributed by atoms with van der Waals surface area (Å²) in [6, 6.07) is 0. The molecule has 3 N–H and O–H groups in total. The van der Waals surface area contributed by atoms with Gasteiger partial charge in [0.1, 0.15) is 0 Å². The third-order valence-electron chi connectivity index (χ3n) is 2.58. The maximum atomic E-state index is 11.3. The molecule has 0 bridgehead atoms. The highest BCUT2D eigenvalue weighted by atomic mass is 32.2. The minimum absolute atomic E-state index is 0.122. The monoisotopic (exact) mass is 323 g/mol. The van der Waals surface area contributed by atoms with Crippen molar-refractivity contribution in [2.75, 3.05) is 11.5 Å². The van der Waals surface area contributed by atoms with Gasteiger partial charge in [0.2, 0.25) is 11.4 Å². The van der Waals surface area contributed by atoms with Crippen molar-refractivity contribution in [1.82, 2.24) is 5.32 Å². The van der Waals surface area contributed by atoms with Gasteiger partial charge in [0, 0.05) is 6.92 Å². The van der Waals surface area contributed by atoms with Crippen molar-refractivity contribution in [3.63, 3.8) is 0 Å². The molecule has 0 fully saturated rings. The van der Waals surface area contributed by atoms with E-state index in [-0.39, 0.29) is 11.0 Å². The van der Waals surface area contributed by atoms with Crippen molar-refractivity contribution >= 4 is 41.4 Å². The van der Waals surface area contributed by atoms with Gasteiger partial charge in [-0.05, 0) is 24.3 Å². The lowest BCUT2D eigenvalue weighted by molar-refractivity contribution is -0.161. The van der Waals surface area contributed by atoms with Crippen LogP contribution in [-0.4, -0.2) is 49.7 Å². The summed E-state index contributed by atoms with van der Waals surface area (Å²) in [5.74, 6) is -2.02. The molecule has 0 heterocycles. The number of carboxylic acid groups (broad SMARTS) is 2. The number of nitrogens with one attached hydrogen (secondary N) is 1. The number of aliphatic carboxylic acids is 2. The number of carbonyl (C=O) groups is 3. The van der Waals surface area contributed by atoms with Crippen molar-refractivity contribution < 1.29 is 24.6 Å². The van der Waals surface area contributed by atoms with E-state index in [9.17, 15) is 24.6 Å². The number of amides is 1. The molecule has 0 aliphatic rings. The molecule has 20 heavy (non-hydrogen) atoms. The van der Waals surface area contributed by atoms with Crippen LogP contribution >= 0.6 is 23.5 Å². The number of carbonyl (C=O) groups excluding carboxylic acids is 1. The first kappa shape index (κ1) is 19.1. The van der Waals surface area contributed by atoms with Gasteiger partial charge in [-0.25, -0.2) is 9.59 Å². The van der Waals surface area contributed by atoms with E-state index in [0.717, 1.165) is 18.4 Å². The molecule has 0 aromatic rings. The Morgan fingerprint density at radius 2 is 1.55 bits per heavy atom. The van der Waals surface area contributed by atoms with Crippen LogP contribution in [0, 0.1) is 0 Å². The van der Waals surface area contributed by atoms with E-state index in [2.05, 4.69) is 5.32 Å². The molecule has 1 amide bonds. The van der Waals surface area contributed by atoms with E-state index >= 15 is 0 Å². The molecule has 0 aromatic heterocycles. The smallest absolute Gasteiger partial charge is 0.341 e. The molecule has 6 nitrogen and oxygen atoms in total. The second-order valence-corrected chi connectivity index (χ2v) is 7.33. The van der Waals surface area contributed by atoms with Gasteiger partial charge in [-0.1, -0.05) is 13.8 Å². The molecule has 0 rings (SSSR count).